The topological polar surface area (TPSA) is 62.9 Å². The highest BCUT2D eigenvalue weighted by Crippen LogP contribution is 2.17. The second kappa shape index (κ2) is 6.92. The fourth-order valence-corrected chi connectivity index (χ4v) is 4.80. The molecule has 0 aliphatic carbocycles. The van der Waals surface area contributed by atoms with Gasteiger partial charge in [0, 0.05) is 32.4 Å². The van der Waals surface area contributed by atoms with Gasteiger partial charge in [-0.25, -0.2) is 13.1 Å². The van der Waals surface area contributed by atoms with E-state index >= 15 is 0 Å². The molecule has 0 saturated carbocycles. The number of rotatable bonds is 4. The lowest BCUT2D eigenvalue weighted by Crippen LogP contribution is -2.48. The van der Waals surface area contributed by atoms with Crippen LogP contribution in [0.3, 0.4) is 0 Å². The molecule has 1 aliphatic rings. The number of sulfonamides is 1. The van der Waals surface area contributed by atoms with Crippen molar-refractivity contribution in [2.45, 2.75) is 11.6 Å². The predicted octanol–water partition coefficient (Wildman–Crippen LogP) is 1.83. The van der Waals surface area contributed by atoms with Crippen LogP contribution in [0.5, 0.6) is 0 Å². The fourth-order valence-electron chi connectivity index (χ4n) is 3.10. The Labute approximate surface area is 157 Å². The van der Waals surface area contributed by atoms with E-state index in [9.17, 15) is 8.42 Å². The monoisotopic (exact) mass is 389 g/mol. The molecule has 26 heavy (non-hydrogen) atoms. The normalized spacial score (nSPS) is 16.9. The molecule has 1 saturated heterocycles. The number of aromatic nitrogens is 3. The van der Waals surface area contributed by atoms with Gasteiger partial charge in [0.1, 0.15) is 0 Å². The molecule has 0 amide bonds. The van der Waals surface area contributed by atoms with Gasteiger partial charge in [-0.1, -0.05) is 24.3 Å². The summed E-state index contributed by atoms with van der Waals surface area (Å²) in [6.45, 7) is 2.75. The second-order valence-corrected chi connectivity index (χ2v) is 8.49. The van der Waals surface area contributed by atoms with Gasteiger partial charge in [-0.3, -0.25) is 9.30 Å². The molecule has 1 aromatic carbocycles. The Morgan fingerprint density at radius 1 is 0.962 bits per heavy atom. The van der Waals surface area contributed by atoms with E-state index in [1.165, 1.54) is 0 Å². The van der Waals surface area contributed by atoms with Gasteiger partial charge in [0.05, 0.1) is 11.6 Å². The minimum absolute atomic E-state index is 0.344. The van der Waals surface area contributed by atoms with Gasteiger partial charge in [-0.15, -0.1) is 0 Å². The molecule has 0 atom stereocenters. The van der Waals surface area contributed by atoms with Crippen molar-refractivity contribution < 1.29 is 8.42 Å². The molecule has 4 rings (SSSR count). The quantitative estimate of drug-likeness (QED) is 0.637. The first-order valence-corrected chi connectivity index (χ1v) is 10.2. The van der Waals surface area contributed by atoms with Crippen molar-refractivity contribution in [3.63, 3.8) is 0 Å². The van der Waals surface area contributed by atoms with Crippen LogP contribution in [-0.2, 0) is 16.7 Å². The molecule has 0 bridgehead atoms. The Balaban J connectivity index is 1.45. The summed E-state index contributed by atoms with van der Waals surface area (Å²) < 4.78 is 31.2. The number of pyridine rings is 1. The van der Waals surface area contributed by atoms with Crippen LogP contribution in [0.1, 0.15) is 0 Å². The standard InChI is InChI=1S/C17H19N5O2S2/c23-26(24,15-6-2-1-3-7-15)20-12-10-19(11-13-20)14-22-17(25)21-9-5-4-8-16(21)18-22/h1-9H,10-14H2. The Morgan fingerprint density at radius 3 is 2.35 bits per heavy atom. The summed E-state index contributed by atoms with van der Waals surface area (Å²) in [5.74, 6) is 0. The van der Waals surface area contributed by atoms with Crippen LogP contribution in [0.25, 0.3) is 5.65 Å². The van der Waals surface area contributed by atoms with E-state index in [1.54, 1.807) is 33.3 Å². The number of fused-ring (bicyclic) bond motifs is 1. The van der Waals surface area contributed by atoms with Crippen LogP contribution < -0.4 is 0 Å². The number of benzene rings is 1. The summed E-state index contributed by atoms with van der Waals surface area (Å²) in [5.41, 5.74) is 0.808. The average Bonchev–Trinajstić information content (AvgIpc) is 2.99. The highest BCUT2D eigenvalue weighted by Gasteiger charge is 2.28. The van der Waals surface area contributed by atoms with Gasteiger partial charge in [0.15, 0.2) is 5.65 Å². The Hall–Kier alpha value is -2.07. The maximum atomic E-state index is 12.7. The highest BCUT2D eigenvalue weighted by molar-refractivity contribution is 7.89. The van der Waals surface area contributed by atoms with E-state index in [-0.39, 0.29) is 0 Å². The zero-order valence-electron chi connectivity index (χ0n) is 14.1. The lowest BCUT2D eigenvalue weighted by atomic mass is 10.4. The van der Waals surface area contributed by atoms with Crippen LogP contribution in [-0.4, -0.2) is 58.0 Å². The molecular formula is C17H19N5O2S2. The molecule has 0 unspecified atom stereocenters. The summed E-state index contributed by atoms with van der Waals surface area (Å²) in [7, 11) is -3.43. The van der Waals surface area contributed by atoms with E-state index < -0.39 is 10.0 Å². The summed E-state index contributed by atoms with van der Waals surface area (Å²) in [6, 6.07) is 14.3. The van der Waals surface area contributed by atoms with E-state index in [2.05, 4.69) is 10.00 Å². The summed E-state index contributed by atoms with van der Waals surface area (Å²) in [4.78, 5) is 2.51. The summed E-state index contributed by atoms with van der Waals surface area (Å²) >= 11 is 5.47. The third-order valence-corrected chi connectivity index (χ3v) is 6.85. The molecule has 0 spiro atoms. The first kappa shape index (κ1) is 17.3. The smallest absolute Gasteiger partial charge is 0.243 e. The molecule has 2 aromatic heterocycles. The van der Waals surface area contributed by atoms with Crippen LogP contribution in [0, 0.1) is 4.77 Å². The van der Waals surface area contributed by atoms with Crippen molar-refractivity contribution in [3.05, 3.63) is 59.5 Å². The maximum Gasteiger partial charge on any atom is 0.243 e. The first-order chi connectivity index (χ1) is 12.6. The minimum Gasteiger partial charge on any atom is -0.282 e. The average molecular weight is 390 g/mol. The lowest BCUT2D eigenvalue weighted by molar-refractivity contribution is 0.145. The van der Waals surface area contributed by atoms with E-state index in [1.807, 2.05) is 34.9 Å². The number of piperazine rings is 1. The zero-order valence-corrected chi connectivity index (χ0v) is 15.7. The van der Waals surface area contributed by atoms with Crippen LogP contribution in [0.4, 0.5) is 0 Å². The van der Waals surface area contributed by atoms with E-state index in [4.69, 9.17) is 12.2 Å². The Kier molecular flexibility index (Phi) is 4.62. The Morgan fingerprint density at radius 2 is 1.65 bits per heavy atom. The first-order valence-electron chi connectivity index (χ1n) is 8.37. The Bertz CT molecular complexity index is 1070. The van der Waals surface area contributed by atoms with Gasteiger partial charge in [-0.05, 0) is 36.5 Å². The molecular weight excluding hydrogens is 370 g/mol. The lowest BCUT2D eigenvalue weighted by Gasteiger charge is -2.33. The second-order valence-electron chi connectivity index (χ2n) is 6.19. The zero-order chi connectivity index (χ0) is 18.1. The van der Waals surface area contributed by atoms with Gasteiger partial charge in [0.25, 0.3) is 0 Å². The van der Waals surface area contributed by atoms with Crippen molar-refractivity contribution in [1.82, 2.24) is 23.4 Å². The molecule has 9 heteroatoms. The van der Waals surface area contributed by atoms with Crippen molar-refractivity contribution in [2.24, 2.45) is 0 Å². The van der Waals surface area contributed by atoms with Crippen LogP contribution in [0.15, 0.2) is 59.6 Å². The van der Waals surface area contributed by atoms with Gasteiger partial charge in [-0.2, -0.15) is 9.40 Å². The molecule has 0 radical (unpaired) electrons. The molecule has 136 valence electrons. The molecule has 7 nitrogen and oxygen atoms in total. The fraction of sp³-hybridized carbons (Fsp3) is 0.294. The predicted molar refractivity (Wildman–Crippen MR) is 101 cm³/mol. The largest absolute Gasteiger partial charge is 0.282 e. The van der Waals surface area contributed by atoms with E-state index in [0.29, 0.717) is 42.5 Å². The summed E-state index contributed by atoms with van der Waals surface area (Å²) in [5, 5.41) is 4.52. The van der Waals surface area contributed by atoms with Gasteiger partial charge >= 0.3 is 0 Å². The van der Waals surface area contributed by atoms with Crippen molar-refractivity contribution in [1.29, 1.82) is 0 Å². The third kappa shape index (κ3) is 3.18. The van der Waals surface area contributed by atoms with Crippen LogP contribution in [0.2, 0.25) is 0 Å². The highest BCUT2D eigenvalue weighted by atomic mass is 32.2. The summed E-state index contributed by atoms with van der Waals surface area (Å²) in [6.07, 6.45) is 1.89. The minimum atomic E-state index is -3.43. The molecule has 3 aromatic rings. The van der Waals surface area contributed by atoms with Crippen LogP contribution >= 0.6 is 12.2 Å². The van der Waals surface area contributed by atoms with Crippen molar-refractivity contribution in [2.75, 3.05) is 26.2 Å². The van der Waals surface area contributed by atoms with Crippen molar-refractivity contribution >= 4 is 27.9 Å². The van der Waals surface area contributed by atoms with Crippen molar-refractivity contribution in [3.8, 4) is 0 Å². The number of hydrogen-bond donors (Lipinski definition) is 0. The van der Waals surface area contributed by atoms with Gasteiger partial charge in [0.2, 0.25) is 14.8 Å². The van der Waals surface area contributed by atoms with E-state index in [0.717, 1.165) is 5.65 Å². The molecule has 1 fully saturated rings. The third-order valence-electron chi connectivity index (χ3n) is 4.53. The molecule has 0 N–H and O–H groups in total. The maximum absolute atomic E-state index is 12.7. The molecule has 3 heterocycles. The number of hydrogen-bond acceptors (Lipinski definition) is 5. The molecule has 1 aliphatic heterocycles. The number of nitrogens with zero attached hydrogens (tertiary/aromatic N) is 5. The van der Waals surface area contributed by atoms with Gasteiger partial charge < -0.3 is 0 Å². The SMILES string of the molecule is O=S(=O)(c1ccccc1)N1CCN(Cn2nc3ccccn3c2=S)CC1.